The molecule has 1 unspecified atom stereocenters. The standard InChI is InChI=1S/C14H17BrN4O2/c1-9(17-12(20)7-8-16-2)14-18-13(19-21-14)10-3-5-11(15)6-4-10/h3-6,9,16H,7-8H2,1-2H3,(H,17,20). The molecule has 2 rings (SSSR count). The maximum atomic E-state index is 11.7. The SMILES string of the molecule is CNCCC(=O)NC(C)c1nc(-c2ccc(Br)cc2)no1. The topological polar surface area (TPSA) is 80.0 Å². The Kier molecular flexibility index (Phi) is 5.46. The van der Waals surface area contributed by atoms with Gasteiger partial charge in [-0.05, 0) is 38.2 Å². The number of halogens is 1. The molecule has 6 nitrogen and oxygen atoms in total. The van der Waals surface area contributed by atoms with Crippen LogP contribution in [0.25, 0.3) is 11.4 Å². The smallest absolute Gasteiger partial charge is 0.249 e. The van der Waals surface area contributed by atoms with E-state index in [-0.39, 0.29) is 11.9 Å². The highest BCUT2D eigenvalue weighted by molar-refractivity contribution is 9.10. The average molecular weight is 353 g/mol. The van der Waals surface area contributed by atoms with Crippen LogP contribution in [0.2, 0.25) is 0 Å². The molecule has 0 aliphatic heterocycles. The highest BCUT2D eigenvalue weighted by Crippen LogP contribution is 2.20. The summed E-state index contributed by atoms with van der Waals surface area (Å²) < 4.78 is 6.20. The van der Waals surface area contributed by atoms with Gasteiger partial charge in [0, 0.05) is 23.0 Å². The van der Waals surface area contributed by atoms with E-state index >= 15 is 0 Å². The third kappa shape index (κ3) is 4.37. The molecule has 0 radical (unpaired) electrons. The second-order valence-corrected chi connectivity index (χ2v) is 5.52. The van der Waals surface area contributed by atoms with E-state index in [0.717, 1.165) is 10.0 Å². The normalized spacial score (nSPS) is 12.1. The van der Waals surface area contributed by atoms with Crippen molar-refractivity contribution >= 4 is 21.8 Å². The van der Waals surface area contributed by atoms with Crippen molar-refractivity contribution in [2.75, 3.05) is 13.6 Å². The largest absolute Gasteiger partial charge is 0.345 e. The van der Waals surface area contributed by atoms with E-state index in [9.17, 15) is 4.79 Å². The minimum Gasteiger partial charge on any atom is -0.345 e. The van der Waals surface area contributed by atoms with Crippen molar-refractivity contribution in [1.29, 1.82) is 0 Å². The number of nitrogens with zero attached hydrogens (tertiary/aromatic N) is 2. The first-order valence-corrected chi connectivity index (χ1v) is 7.43. The third-order valence-corrected chi connectivity index (χ3v) is 3.42. The predicted octanol–water partition coefficient (Wildman–Crippen LogP) is 2.29. The lowest BCUT2D eigenvalue weighted by molar-refractivity contribution is -0.121. The first-order valence-electron chi connectivity index (χ1n) is 6.63. The maximum Gasteiger partial charge on any atom is 0.249 e. The Labute approximate surface area is 131 Å². The molecule has 0 fully saturated rings. The maximum absolute atomic E-state index is 11.7. The minimum atomic E-state index is -0.314. The van der Waals surface area contributed by atoms with Crippen LogP contribution in [0.4, 0.5) is 0 Å². The Morgan fingerprint density at radius 3 is 2.76 bits per heavy atom. The summed E-state index contributed by atoms with van der Waals surface area (Å²) >= 11 is 3.38. The van der Waals surface area contributed by atoms with E-state index in [1.165, 1.54) is 0 Å². The Morgan fingerprint density at radius 2 is 2.10 bits per heavy atom. The number of amides is 1. The number of rotatable bonds is 6. The summed E-state index contributed by atoms with van der Waals surface area (Å²) in [6.07, 6.45) is 0.411. The molecule has 2 N–H and O–H groups in total. The van der Waals surface area contributed by atoms with Crippen LogP contribution in [0.15, 0.2) is 33.3 Å². The summed E-state index contributed by atoms with van der Waals surface area (Å²) in [7, 11) is 1.80. The molecule has 1 heterocycles. The van der Waals surface area contributed by atoms with Crippen molar-refractivity contribution in [2.24, 2.45) is 0 Å². The van der Waals surface area contributed by atoms with Gasteiger partial charge in [0.2, 0.25) is 17.6 Å². The number of aromatic nitrogens is 2. The zero-order valence-electron chi connectivity index (χ0n) is 11.9. The van der Waals surface area contributed by atoms with Crippen LogP contribution in [0, 0.1) is 0 Å². The van der Waals surface area contributed by atoms with Crippen LogP contribution in [0.3, 0.4) is 0 Å². The summed E-state index contributed by atoms with van der Waals surface area (Å²) in [5, 5.41) is 9.69. The van der Waals surface area contributed by atoms with Gasteiger partial charge in [0.1, 0.15) is 6.04 Å². The number of carbonyl (C=O) groups excluding carboxylic acids is 1. The summed E-state index contributed by atoms with van der Waals surface area (Å²) in [4.78, 5) is 16.0. The second kappa shape index (κ2) is 7.33. The Hall–Kier alpha value is -1.73. The number of hydrogen-bond donors (Lipinski definition) is 2. The third-order valence-electron chi connectivity index (χ3n) is 2.89. The molecule has 0 bridgehead atoms. The molecular formula is C14H17BrN4O2. The summed E-state index contributed by atoms with van der Waals surface area (Å²) in [6.45, 7) is 2.45. The van der Waals surface area contributed by atoms with Gasteiger partial charge in [-0.1, -0.05) is 21.1 Å². The van der Waals surface area contributed by atoms with Crippen molar-refractivity contribution in [2.45, 2.75) is 19.4 Å². The molecule has 0 aliphatic rings. The van der Waals surface area contributed by atoms with Gasteiger partial charge in [-0.2, -0.15) is 4.98 Å². The lowest BCUT2D eigenvalue weighted by Crippen LogP contribution is -2.29. The van der Waals surface area contributed by atoms with Gasteiger partial charge in [-0.3, -0.25) is 4.79 Å². The van der Waals surface area contributed by atoms with Gasteiger partial charge in [0.15, 0.2) is 0 Å². The number of hydrogen-bond acceptors (Lipinski definition) is 5. The van der Waals surface area contributed by atoms with Crippen LogP contribution in [-0.4, -0.2) is 29.6 Å². The van der Waals surface area contributed by atoms with Gasteiger partial charge in [0.25, 0.3) is 0 Å². The average Bonchev–Trinajstić information content (AvgIpc) is 2.96. The Bertz CT molecular complexity index is 597. The fourth-order valence-corrected chi connectivity index (χ4v) is 2.01. The molecule has 21 heavy (non-hydrogen) atoms. The van der Waals surface area contributed by atoms with Gasteiger partial charge in [-0.15, -0.1) is 0 Å². The molecule has 2 aromatic rings. The van der Waals surface area contributed by atoms with Crippen molar-refractivity contribution in [3.63, 3.8) is 0 Å². The Morgan fingerprint density at radius 1 is 1.38 bits per heavy atom. The monoisotopic (exact) mass is 352 g/mol. The fourth-order valence-electron chi connectivity index (χ4n) is 1.74. The van der Waals surface area contributed by atoms with Crippen LogP contribution < -0.4 is 10.6 Å². The fraction of sp³-hybridized carbons (Fsp3) is 0.357. The minimum absolute atomic E-state index is 0.0553. The van der Waals surface area contributed by atoms with Gasteiger partial charge in [0.05, 0.1) is 0 Å². The van der Waals surface area contributed by atoms with Crippen LogP contribution in [0.1, 0.15) is 25.3 Å². The van der Waals surface area contributed by atoms with E-state index in [1.807, 2.05) is 31.2 Å². The zero-order chi connectivity index (χ0) is 15.2. The van der Waals surface area contributed by atoms with Crippen molar-refractivity contribution in [3.8, 4) is 11.4 Å². The van der Waals surface area contributed by atoms with Crippen LogP contribution in [-0.2, 0) is 4.79 Å². The summed E-state index contributed by atoms with van der Waals surface area (Å²) in [6, 6.07) is 7.30. The van der Waals surface area contributed by atoms with E-state index in [0.29, 0.717) is 24.7 Å². The predicted molar refractivity (Wildman–Crippen MR) is 82.5 cm³/mol. The van der Waals surface area contributed by atoms with E-state index in [4.69, 9.17) is 4.52 Å². The molecule has 0 saturated heterocycles. The van der Waals surface area contributed by atoms with Crippen molar-refractivity contribution in [3.05, 3.63) is 34.6 Å². The van der Waals surface area contributed by atoms with E-state index in [2.05, 4.69) is 36.7 Å². The van der Waals surface area contributed by atoms with Gasteiger partial charge >= 0.3 is 0 Å². The molecule has 1 aromatic carbocycles. The van der Waals surface area contributed by atoms with Crippen LogP contribution in [0.5, 0.6) is 0 Å². The number of carbonyl (C=O) groups is 1. The first kappa shape index (κ1) is 15.7. The van der Waals surface area contributed by atoms with Crippen molar-refractivity contribution in [1.82, 2.24) is 20.8 Å². The highest BCUT2D eigenvalue weighted by atomic mass is 79.9. The lowest BCUT2D eigenvalue weighted by Gasteiger charge is -2.09. The molecule has 0 saturated carbocycles. The number of nitrogens with one attached hydrogen (secondary N) is 2. The molecule has 0 aliphatic carbocycles. The Balaban J connectivity index is 2.02. The lowest BCUT2D eigenvalue weighted by atomic mass is 10.2. The van der Waals surface area contributed by atoms with E-state index < -0.39 is 0 Å². The molecular weight excluding hydrogens is 336 g/mol. The molecule has 1 amide bonds. The van der Waals surface area contributed by atoms with Crippen LogP contribution >= 0.6 is 15.9 Å². The van der Waals surface area contributed by atoms with E-state index in [1.54, 1.807) is 7.05 Å². The molecule has 1 aromatic heterocycles. The second-order valence-electron chi connectivity index (χ2n) is 4.61. The first-order chi connectivity index (χ1) is 10.1. The van der Waals surface area contributed by atoms with Gasteiger partial charge in [-0.25, -0.2) is 0 Å². The molecule has 0 spiro atoms. The summed E-state index contributed by atoms with van der Waals surface area (Å²) in [5.41, 5.74) is 0.863. The quantitative estimate of drug-likeness (QED) is 0.833. The highest BCUT2D eigenvalue weighted by Gasteiger charge is 2.17. The zero-order valence-corrected chi connectivity index (χ0v) is 13.5. The van der Waals surface area contributed by atoms with Crippen molar-refractivity contribution < 1.29 is 9.32 Å². The molecule has 112 valence electrons. The molecule has 1 atom stereocenters. The number of benzene rings is 1. The summed E-state index contributed by atoms with van der Waals surface area (Å²) in [5.74, 6) is 0.847. The van der Waals surface area contributed by atoms with Gasteiger partial charge < -0.3 is 15.2 Å². The molecule has 7 heteroatoms.